The number of hydrogen-bond acceptors (Lipinski definition) is 2. The Balaban J connectivity index is 2.04. The van der Waals surface area contributed by atoms with Crippen molar-refractivity contribution in [2.24, 2.45) is 0 Å². The van der Waals surface area contributed by atoms with Gasteiger partial charge in [0.2, 0.25) is 0 Å². The van der Waals surface area contributed by atoms with Crippen LogP contribution in [0, 0.1) is 0 Å². The van der Waals surface area contributed by atoms with Crippen molar-refractivity contribution < 1.29 is 5.11 Å². The molecular formula is C25H29NO. The van der Waals surface area contributed by atoms with E-state index in [1.807, 2.05) is 66.7 Å². The van der Waals surface area contributed by atoms with Crippen LogP contribution < -0.4 is 5.32 Å². The first-order chi connectivity index (χ1) is 13.2. The summed E-state index contributed by atoms with van der Waals surface area (Å²) in [6.07, 6.45) is 2.97. The molecule has 0 aromatic heterocycles. The predicted molar refractivity (Wildman–Crippen MR) is 113 cm³/mol. The Morgan fingerprint density at radius 2 is 1.26 bits per heavy atom. The minimum absolute atomic E-state index is 0.128. The summed E-state index contributed by atoms with van der Waals surface area (Å²) in [7, 11) is 0. The van der Waals surface area contributed by atoms with E-state index in [-0.39, 0.29) is 6.04 Å². The second kappa shape index (κ2) is 9.50. The van der Waals surface area contributed by atoms with Crippen LogP contribution >= 0.6 is 0 Å². The van der Waals surface area contributed by atoms with Crippen LogP contribution in [0.1, 0.15) is 36.5 Å². The Kier molecular flexibility index (Phi) is 6.80. The Morgan fingerprint density at radius 1 is 0.778 bits per heavy atom. The summed E-state index contributed by atoms with van der Waals surface area (Å²) in [6.45, 7) is 3.07. The molecular weight excluding hydrogens is 330 g/mol. The Bertz CT molecular complexity index is 747. The highest BCUT2D eigenvalue weighted by Crippen LogP contribution is 2.34. The monoisotopic (exact) mass is 359 g/mol. The van der Waals surface area contributed by atoms with Crippen molar-refractivity contribution in [2.75, 3.05) is 6.54 Å². The molecule has 0 spiro atoms. The first-order valence-corrected chi connectivity index (χ1v) is 9.86. The molecule has 3 aromatic rings. The number of benzene rings is 3. The molecule has 0 aliphatic heterocycles. The van der Waals surface area contributed by atoms with E-state index in [0.717, 1.165) is 36.9 Å². The maximum atomic E-state index is 12.1. The van der Waals surface area contributed by atoms with Gasteiger partial charge in [0.15, 0.2) is 0 Å². The standard InChI is InChI=1S/C25H29NO/c1-2-3-19-26-24(20-21-13-7-4-8-14-21)25(27,22-15-9-5-10-16-22)23-17-11-6-12-18-23/h4-18,24,26-27H,2-3,19-20H2,1H3/t24-/m0/s1. The van der Waals surface area contributed by atoms with Gasteiger partial charge in [0.05, 0.1) is 0 Å². The highest BCUT2D eigenvalue weighted by molar-refractivity contribution is 5.39. The highest BCUT2D eigenvalue weighted by Gasteiger charge is 2.39. The van der Waals surface area contributed by atoms with Crippen LogP contribution in [0.5, 0.6) is 0 Å². The fourth-order valence-electron chi connectivity index (χ4n) is 3.62. The van der Waals surface area contributed by atoms with E-state index < -0.39 is 5.60 Å². The van der Waals surface area contributed by atoms with Crippen molar-refractivity contribution in [1.29, 1.82) is 0 Å². The average Bonchev–Trinajstić information content (AvgIpc) is 2.74. The smallest absolute Gasteiger partial charge is 0.130 e. The van der Waals surface area contributed by atoms with Crippen LogP contribution in [0.25, 0.3) is 0 Å². The van der Waals surface area contributed by atoms with Crippen LogP contribution in [-0.4, -0.2) is 17.7 Å². The summed E-state index contributed by atoms with van der Waals surface area (Å²) in [5, 5.41) is 15.8. The fraction of sp³-hybridized carbons (Fsp3) is 0.280. The molecule has 2 heteroatoms. The van der Waals surface area contributed by atoms with Gasteiger partial charge in [-0.05, 0) is 36.1 Å². The van der Waals surface area contributed by atoms with E-state index in [4.69, 9.17) is 0 Å². The second-order valence-corrected chi connectivity index (χ2v) is 7.05. The predicted octanol–water partition coefficient (Wildman–Crippen LogP) is 4.92. The number of nitrogens with one attached hydrogen (secondary N) is 1. The zero-order valence-electron chi connectivity index (χ0n) is 16.0. The van der Waals surface area contributed by atoms with Crippen LogP contribution in [0.3, 0.4) is 0 Å². The zero-order chi connectivity index (χ0) is 19.0. The Labute approximate surface area is 162 Å². The lowest BCUT2D eigenvalue weighted by atomic mass is 9.77. The lowest BCUT2D eigenvalue weighted by Gasteiger charge is -2.38. The molecule has 0 bridgehead atoms. The summed E-state index contributed by atoms with van der Waals surface area (Å²) in [6, 6.07) is 30.3. The minimum Gasteiger partial charge on any atom is -0.379 e. The quantitative estimate of drug-likeness (QED) is 0.531. The number of aliphatic hydroxyl groups is 1. The van der Waals surface area contributed by atoms with Gasteiger partial charge in [-0.25, -0.2) is 0 Å². The van der Waals surface area contributed by atoms with E-state index in [9.17, 15) is 5.11 Å². The third-order valence-corrected chi connectivity index (χ3v) is 5.14. The van der Waals surface area contributed by atoms with E-state index in [1.165, 1.54) is 5.56 Å². The van der Waals surface area contributed by atoms with Crippen molar-refractivity contribution in [2.45, 2.75) is 37.8 Å². The van der Waals surface area contributed by atoms with Crippen molar-refractivity contribution in [3.63, 3.8) is 0 Å². The normalized spacial score (nSPS) is 12.7. The molecule has 1 atom stereocenters. The molecule has 0 saturated carbocycles. The van der Waals surface area contributed by atoms with E-state index in [1.54, 1.807) is 0 Å². The van der Waals surface area contributed by atoms with Gasteiger partial charge in [-0.3, -0.25) is 0 Å². The van der Waals surface area contributed by atoms with Crippen LogP contribution in [0.2, 0.25) is 0 Å². The molecule has 0 amide bonds. The van der Waals surface area contributed by atoms with Gasteiger partial charge in [-0.15, -0.1) is 0 Å². The molecule has 2 nitrogen and oxygen atoms in total. The van der Waals surface area contributed by atoms with Crippen molar-refractivity contribution in [3.05, 3.63) is 108 Å². The maximum absolute atomic E-state index is 12.1. The molecule has 0 fully saturated rings. The molecule has 0 aliphatic rings. The van der Waals surface area contributed by atoms with Gasteiger partial charge >= 0.3 is 0 Å². The molecule has 3 aromatic carbocycles. The molecule has 2 N–H and O–H groups in total. The topological polar surface area (TPSA) is 32.3 Å². The third-order valence-electron chi connectivity index (χ3n) is 5.14. The summed E-state index contributed by atoms with van der Waals surface area (Å²) < 4.78 is 0. The minimum atomic E-state index is -1.11. The molecule has 140 valence electrons. The molecule has 0 radical (unpaired) electrons. The molecule has 0 saturated heterocycles. The largest absolute Gasteiger partial charge is 0.379 e. The number of unbranched alkanes of at least 4 members (excludes halogenated alkanes) is 1. The van der Waals surface area contributed by atoms with Crippen LogP contribution in [-0.2, 0) is 12.0 Å². The Hall–Kier alpha value is -2.42. The van der Waals surface area contributed by atoms with E-state index in [0.29, 0.717) is 0 Å². The second-order valence-electron chi connectivity index (χ2n) is 7.05. The summed E-state index contributed by atoms with van der Waals surface area (Å²) in [4.78, 5) is 0. The molecule has 0 aliphatic carbocycles. The number of hydrogen-bond donors (Lipinski definition) is 2. The number of rotatable bonds is 9. The van der Waals surface area contributed by atoms with Crippen LogP contribution in [0.15, 0.2) is 91.0 Å². The Morgan fingerprint density at radius 3 is 1.74 bits per heavy atom. The molecule has 27 heavy (non-hydrogen) atoms. The van der Waals surface area contributed by atoms with Crippen molar-refractivity contribution in [3.8, 4) is 0 Å². The summed E-state index contributed by atoms with van der Waals surface area (Å²) in [5.41, 5.74) is 1.95. The lowest BCUT2D eigenvalue weighted by molar-refractivity contribution is 0.0369. The van der Waals surface area contributed by atoms with Crippen molar-refractivity contribution in [1.82, 2.24) is 5.32 Å². The SMILES string of the molecule is CCCCN[C@@H](Cc1ccccc1)C(O)(c1ccccc1)c1ccccc1. The maximum Gasteiger partial charge on any atom is 0.130 e. The first-order valence-electron chi connectivity index (χ1n) is 9.86. The van der Waals surface area contributed by atoms with Crippen LogP contribution in [0.4, 0.5) is 0 Å². The van der Waals surface area contributed by atoms with Crippen molar-refractivity contribution >= 4 is 0 Å². The zero-order valence-corrected chi connectivity index (χ0v) is 16.0. The van der Waals surface area contributed by atoms with E-state index in [2.05, 4.69) is 36.5 Å². The molecule has 0 heterocycles. The lowest BCUT2D eigenvalue weighted by Crippen LogP contribution is -2.51. The van der Waals surface area contributed by atoms with E-state index >= 15 is 0 Å². The third kappa shape index (κ3) is 4.65. The van der Waals surface area contributed by atoms with Gasteiger partial charge in [0.25, 0.3) is 0 Å². The van der Waals surface area contributed by atoms with Gasteiger partial charge in [0.1, 0.15) is 5.60 Å². The summed E-state index contributed by atoms with van der Waals surface area (Å²) >= 11 is 0. The molecule has 0 unspecified atom stereocenters. The summed E-state index contributed by atoms with van der Waals surface area (Å²) in [5.74, 6) is 0. The van der Waals surface area contributed by atoms with Gasteiger partial charge in [-0.1, -0.05) is 104 Å². The van der Waals surface area contributed by atoms with Gasteiger partial charge in [0, 0.05) is 6.04 Å². The molecule has 3 rings (SSSR count). The highest BCUT2D eigenvalue weighted by atomic mass is 16.3. The van der Waals surface area contributed by atoms with Gasteiger partial charge in [-0.2, -0.15) is 0 Å². The average molecular weight is 360 g/mol. The first kappa shape index (κ1) is 19.3. The fourth-order valence-corrected chi connectivity index (χ4v) is 3.62. The van der Waals surface area contributed by atoms with Gasteiger partial charge < -0.3 is 10.4 Å².